The molecule has 1 fully saturated rings. The van der Waals surface area contributed by atoms with E-state index in [1.807, 2.05) is 0 Å². The number of halogens is 1. The van der Waals surface area contributed by atoms with Gasteiger partial charge in [0.2, 0.25) is 10.0 Å². The first kappa shape index (κ1) is 13.4. The topological polar surface area (TPSA) is 63.4 Å². The van der Waals surface area contributed by atoms with E-state index in [0.29, 0.717) is 11.6 Å². The second kappa shape index (κ2) is 4.91. The fourth-order valence-corrected chi connectivity index (χ4v) is 3.75. The maximum absolute atomic E-state index is 12.5. The third-order valence-corrected chi connectivity index (χ3v) is 5.05. The summed E-state index contributed by atoms with van der Waals surface area (Å²) in [4.78, 5) is 0.112. The second-order valence-corrected chi connectivity index (χ2v) is 6.57. The van der Waals surface area contributed by atoms with Gasteiger partial charge in [0.05, 0.1) is 5.69 Å². The summed E-state index contributed by atoms with van der Waals surface area (Å²) in [6.07, 6.45) is 3.36. The van der Waals surface area contributed by atoms with Crippen molar-refractivity contribution in [3.8, 4) is 0 Å². The molecule has 0 radical (unpaired) electrons. The van der Waals surface area contributed by atoms with Gasteiger partial charge in [0.15, 0.2) is 0 Å². The lowest BCUT2D eigenvalue weighted by Gasteiger charge is -2.21. The van der Waals surface area contributed by atoms with Gasteiger partial charge in [-0.15, -0.1) is 6.58 Å². The van der Waals surface area contributed by atoms with Crippen molar-refractivity contribution in [1.82, 2.24) is 4.31 Å². The molecule has 4 nitrogen and oxygen atoms in total. The number of nitrogens with zero attached hydrogens (tertiary/aromatic N) is 1. The van der Waals surface area contributed by atoms with Gasteiger partial charge in [-0.25, -0.2) is 8.42 Å². The average molecular weight is 287 g/mol. The van der Waals surface area contributed by atoms with Crippen LogP contribution in [-0.4, -0.2) is 25.3 Å². The zero-order chi connectivity index (χ0) is 13.3. The number of anilines is 1. The molecule has 98 valence electrons. The molecule has 0 atom stereocenters. The van der Waals surface area contributed by atoms with Crippen LogP contribution < -0.4 is 5.73 Å². The number of hydrogen-bond donors (Lipinski definition) is 1. The Morgan fingerprint density at radius 2 is 2.17 bits per heavy atom. The van der Waals surface area contributed by atoms with Crippen LogP contribution in [0.3, 0.4) is 0 Å². The lowest BCUT2D eigenvalue weighted by atomic mass is 10.3. The summed E-state index contributed by atoms with van der Waals surface area (Å²) in [7, 11) is -3.57. The first-order chi connectivity index (χ1) is 8.46. The molecule has 0 aromatic heterocycles. The summed E-state index contributed by atoms with van der Waals surface area (Å²) in [5.74, 6) is 0. The predicted octanol–water partition coefficient (Wildman–Crippen LogP) is 2.26. The van der Waals surface area contributed by atoms with E-state index in [4.69, 9.17) is 17.3 Å². The van der Waals surface area contributed by atoms with Gasteiger partial charge in [-0.2, -0.15) is 4.31 Å². The molecule has 0 saturated heterocycles. The molecule has 1 aliphatic carbocycles. The first-order valence-corrected chi connectivity index (χ1v) is 7.46. The summed E-state index contributed by atoms with van der Waals surface area (Å²) in [6, 6.07) is 4.51. The predicted molar refractivity (Wildman–Crippen MR) is 73.0 cm³/mol. The highest BCUT2D eigenvalue weighted by Gasteiger charge is 2.37. The van der Waals surface area contributed by atoms with E-state index in [-0.39, 0.29) is 16.6 Å². The summed E-state index contributed by atoms with van der Waals surface area (Å²) < 4.78 is 26.4. The summed E-state index contributed by atoms with van der Waals surface area (Å²) in [5.41, 5.74) is 5.92. The third kappa shape index (κ3) is 2.53. The van der Waals surface area contributed by atoms with Crippen molar-refractivity contribution in [2.45, 2.75) is 23.8 Å². The Kier molecular flexibility index (Phi) is 3.66. The minimum absolute atomic E-state index is 0.0723. The lowest BCUT2D eigenvalue weighted by Crippen LogP contribution is -2.33. The van der Waals surface area contributed by atoms with Gasteiger partial charge in [0, 0.05) is 17.6 Å². The molecule has 18 heavy (non-hydrogen) atoms. The van der Waals surface area contributed by atoms with Gasteiger partial charge >= 0.3 is 0 Å². The normalized spacial score (nSPS) is 15.9. The lowest BCUT2D eigenvalue weighted by molar-refractivity contribution is 0.436. The van der Waals surface area contributed by atoms with Crippen molar-refractivity contribution in [2.75, 3.05) is 12.3 Å². The minimum atomic E-state index is -3.57. The Labute approximate surface area is 112 Å². The van der Waals surface area contributed by atoms with E-state index in [2.05, 4.69) is 6.58 Å². The van der Waals surface area contributed by atoms with Crippen LogP contribution in [0.4, 0.5) is 5.69 Å². The number of hydrogen-bond acceptors (Lipinski definition) is 3. The molecule has 6 heteroatoms. The molecule has 0 unspecified atom stereocenters. The third-order valence-electron chi connectivity index (χ3n) is 2.82. The van der Waals surface area contributed by atoms with Crippen LogP contribution in [0.1, 0.15) is 12.8 Å². The molecule has 1 aromatic rings. The Balaban J connectivity index is 2.42. The Morgan fingerprint density at radius 1 is 1.50 bits per heavy atom. The van der Waals surface area contributed by atoms with Crippen LogP contribution in [0.2, 0.25) is 5.02 Å². The molecule has 0 amide bonds. The van der Waals surface area contributed by atoms with Crippen molar-refractivity contribution >= 4 is 27.3 Å². The molecule has 1 aliphatic rings. The van der Waals surface area contributed by atoms with Gasteiger partial charge in [0.25, 0.3) is 0 Å². The molecule has 1 aromatic carbocycles. The molecular formula is C12H15ClN2O2S. The van der Waals surface area contributed by atoms with Gasteiger partial charge in [-0.1, -0.05) is 17.7 Å². The molecular weight excluding hydrogens is 272 g/mol. The van der Waals surface area contributed by atoms with E-state index >= 15 is 0 Å². The average Bonchev–Trinajstić information content (AvgIpc) is 3.08. The maximum Gasteiger partial charge on any atom is 0.245 e. The minimum Gasteiger partial charge on any atom is -0.398 e. The Hall–Kier alpha value is -1.04. The van der Waals surface area contributed by atoms with Gasteiger partial charge in [-0.3, -0.25) is 0 Å². The van der Waals surface area contributed by atoms with Crippen LogP contribution >= 0.6 is 11.6 Å². The number of nitrogen functional groups attached to an aromatic ring is 1. The largest absolute Gasteiger partial charge is 0.398 e. The zero-order valence-corrected chi connectivity index (χ0v) is 11.4. The quantitative estimate of drug-likeness (QED) is 0.667. The van der Waals surface area contributed by atoms with E-state index in [0.717, 1.165) is 12.8 Å². The van der Waals surface area contributed by atoms with Crippen molar-refractivity contribution in [3.63, 3.8) is 0 Å². The van der Waals surface area contributed by atoms with Gasteiger partial charge < -0.3 is 5.73 Å². The van der Waals surface area contributed by atoms with Crippen molar-refractivity contribution in [1.29, 1.82) is 0 Å². The summed E-state index contributed by atoms with van der Waals surface area (Å²) >= 11 is 5.78. The highest BCUT2D eigenvalue weighted by molar-refractivity contribution is 7.89. The number of sulfonamides is 1. The van der Waals surface area contributed by atoms with Gasteiger partial charge in [-0.05, 0) is 31.0 Å². The SMILES string of the molecule is C=CCN(C1CC1)S(=O)(=O)c1ccc(Cl)cc1N. The van der Waals surface area contributed by atoms with E-state index in [1.54, 1.807) is 6.08 Å². The molecule has 2 rings (SSSR count). The second-order valence-electron chi connectivity index (χ2n) is 4.28. The zero-order valence-electron chi connectivity index (χ0n) is 9.84. The molecule has 0 spiro atoms. The molecule has 0 heterocycles. The molecule has 1 saturated carbocycles. The highest BCUT2D eigenvalue weighted by atomic mass is 35.5. The molecule has 0 aliphatic heterocycles. The molecule has 0 bridgehead atoms. The van der Waals surface area contributed by atoms with Crippen LogP contribution in [0, 0.1) is 0 Å². The highest BCUT2D eigenvalue weighted by Crippen LogP contribution is 2.34. The number of benzene rings is 1. The van der Waals surface area contributed by atoms with Crippen molar-refractivity contribution in [2.24, 2.45) is 0 Å². The van der Waals surface area contributed by atoms with E-state index in [9.17, 15) is 8.42 Å². The fourth-order valence-electron chi connectivity index (χ4n) is 1.81. The van der Waals surface area contributed by atoms with Crippen LogP contribution in [-0.2, 0) is 10.0 Å². The van der Waals surface area contributed by atoms with Crippen LogP contribution in [0.5, 0.6) is 0 Å². The summed E-state index contributed by atoms with van der Waals surface area (Å²) in [6.45, 7) is 3.90. The number of rotatable bonds is 5. The Bertz CT molecular complexity index is 567. The monoisotopic (exact) mass is 286 g/mol. The van der Waals surface area contributed by atoms with Crippen LogP contribution in [0.25, 0.3) is 0 Å². The fraction of sp³-hybridized carbons (Fsp3) is 0.333. The van der Waals surface area contributed by atoms with Gasteiger partial charge in [0.1, 0.15) is 4.90 Å². The smallest absolute Gasteiger partial charge is 0.245 e. The van der Waals surface area contributed by atoms with Crippen molar-refractivity contribution < 1.29 is 8.42 Å². The number of nitrogens with two attached hydrogens (primary N) is 1. The van der Waals surface area contributed by atoms with Crippen LogP contribution in [0.15, 0.2) is 35.7 Å². The van der Waals surface area contributed by atoms with E-state index < -0.39 is 10.0 Å². The van der Waals surface area contributed by atoms with Crippen molar-refractivity contribution in [3.05, 3.63) is 35.9 Å². The molecule has 2 N–H and O–H groups in total. The summed E-state index contributed by atoms with van der Waals surface area (Å²) in [5, 5.41) is 0.424. The maximum atomic E-state index is 12.5. The van der Waals surface area contributed by atoms with E-state index in [1.165, 1.54) is 22.5 Å². The standard InChI is InChI=1S/C12H15ClN2O2S/c1-2-7-15(10-4-5-10)18(16,17)12-6-3-9(13)8-11(12)14/h2-3,6,8,10H,1,4-5,7,14H2. The first-order valence-electron chi connectivity index (χ1n) is 5.64. The Morgan fingerprint density at radius 3 is 2.67 bits per heavy atom.